The zero-order valence-corrected chi connectivity index (χ0v) is 24.3. The van der Waals surface area contributed by atoms with Crippen molar-refractivity contribution in [3.63, 3.8) is 0 Å². The van der Waals surface area contributed by atoms with Gasteiger partial charge < -0.3 is 9.80 Å². The Kier molecular flexibility index (Phi) is 4.75. The summed E-state index contributed by atoms with van der Waals surface area (Å²) in [5, 5.41) is 5.36. The highest BCUT2D eigenvalue weighted by Crippen LogP contribution is 2.42. The Bertz CT molecular complexity index is 1940. The summed E-state index contributed by atoms with van der Waals surface area (Å²) in [7, 11) is 4.42. The van der Waals surface area contributed by atoms with Crippen LogP contribution in [0.5, 0.6) is 0 Å². The lowest BCUT2D eigenvalue weighted by Crippen LogP contribution is -2.28. The number of hydrogen-bond acceptors (Lipinski definition) is 3. The molecule has 0 saturated heterocycles. The van der Waals surface area contributed by atoms with E-state index in [0.29, 0.717) is 0 Å². The second-order valence-electron chi connectivity index (χ2n) is 10.1. The van der Waals surface area contributed by atoms with Gasteiger partial charge in [0.1, 0.15) is 0 Å². The highest BCUT2D eigenvalue weighted by Gasteiger charge is 2.35. The monoisotopic (exact) mass is 624 g/mol. The van der Waals surface area contributed by atoms with E-state index < -0.39 is 0 Å². The third kappa shape index (κ3) is 2.99. The fourth-order valence-electron chi connectivity index (χ4n) is 6.62. The van der Waals surface area contributed by atoms with Gasteiger partial charge in [-0.25, -0.2) is 0 Å². The molecule has 5 heteroatoms. The lowest BCUT2D eigenvalue weighted by Gasteiger charge is -2.18. The summed E-state index contributed by atoms with van der Waals surface area (Å²) >= 11 is 9.63. The van der Waals surface area contributed by atoms with Crippen LogP contribution in [0.2, 0.25) is 0 Å². The van der Waals surface area contributed by atoms with Crippen molar-refractivity contribution in [2.24, 2.45) is 0 Å². The van der Waals surface area contributed by atoms with E-state index in [4.69, 9.17) is 0 Å². The number of hydrogen-bond donors (Lipinski definition) is 0. The number of nitrogens with zero attached hydrogens (tertiary/aromatic N) is 2. The Labute approximate surface area is 236 Å². The van der Waals surface area contributed by atoms with E-state index in [1.807, 2.05) is 11.8 Å². The van der Waals surface area contributed by atoms with E-state index in [-0.39, 0.29) is 12.1 Å². The summed E-state index contributed by atoms with van der Waals surface area (Å²) < 4.78 is 2.26. The SMILES string of the molecule is CN1c2ccccc2C2=c3ccc(Br)c(Sc4cc(Br)cc5c4=C4c6ccccc6N(C)C4C=5)c3=CC21. The molecule has 0 N–H and O–H groups in total. The lowest BCUT2D eigenvalue weighted by molar-refractivity contribution is 0.986. The molecule has 2 aliphatic carbocycles. The molecule has 8 rings (SSSR count). The van der Waals surface area contributed by atoms with Crippen LogP contribution in [0.1, 0.15) is 11.1 Å². The summed E-state index contributed by atoms with van der Waals surface area (Å²) in [6, 6.07) is 27.2. The summed E-state index contributed by atoms with van der Waals surface area (Å²) in [5.74, 6) is 0. The van der Waals surface area contributed by atoms with Crippen LogP contribution < -0.4 is 30.7 Å². The molecule has 4 aliphatic rings. The minimum atomic E-state index is 0.275. The predicted octanol–water partition coefficient (Wildman–Crippen LogP) is 4.99. The van der Waals surface area contributed by atoms with Crippen LogP contribution in [-0.4, -0.2) is 26.2 Å². The van der Waals surface area contributed by atoms with Gasteiger partial charge in [-0.15, -0.1) is 0 Å². The maximum Gasteiger partial charge on any atom is 0.0745 e. The minimum absolute atomic E-state index is 0.275. The summed E-state index contributed by atoms with van der Waals surface area (Å²) in [4.78, 5) is 7.39. The van der Waals surface area contributed by atoms with E-state index in [9.17, 15) is 0 Å². The van der Waals surface area contributed by atoms with Crippen molar-refractivity contribution in [3.05, 3.63) is 114 Å². The molecule has 2 aliphatic heterocycles. The first-order valence-corrected chi connectivity index (χ1v) is 14.8. The van der Waals surface area contributed by atoms with Crippen LogP contribution in [0, 0.1) is 0 Å². The minimum Gasteiger partial charge on any atom is -0.363 e. The van der Waals surface area contributed by atoms with Crippen molar-refractivity contribution in [2.75, 3.05) is 23.9 Å². The molecule has 2 unspecified atom stereocenters. The van der Waals surface area contributed by atoms with Crippen molar-refractivity contribution in [3.8, 4) is 0 Å². The van der Waals surface area contributed by atoms with Crippen LogP contribution in [0.4, 0.5) is 11.4 Å². The van der Waals surface area contributed by atoms with Gasteiger partial charge in [0.25, 0.3) is 0 Å². The van der Waals surface area contributed by atoms with Crippen molar-refractivity contribution in [1.29, 1.82) is 0 Å². The Morgan fingerprint density at radius 3 is 2.11 bits per heavy atom. The number of benzene rings is 4. The van der Waals surface area contributed by atoms with Crippen molar-refractivity contribution >= 4 is 78.3 Å². The van der Waals surface area contributed by atoms with E-state index in [0.717, 1.165) is 8.95 Å². The molecule has 180 valence electrons. The molecular formula is C32H22Br2N2S. The Balaban J connectivity index is 1.38. The summed E-state index contributed by atoms with van der Waals surface area (Å²) in [6.07, 6.45) is 4.87. The number of anilines is 2. The topological polar surface area (TPSA) is 6.48 Å². The number of para-hydroxylation sites is 2. The van der Waals surface area contributed by atoms with Gasteiger partial charge in [0.05, 0.1) is 12.1 Å². The quantitative estimate of drug-likeness (QED) is 0.310. The molecule has 0 spiro atoms. The lowest BCUT2D eigenvalue weighted by atomic mass is 10.0. The molecule has 37 heavy (non-hydrogen) atoms. The van der Waals surface area contributed by atoms with Crippen LogP contribution in [0.25, 0.3) is 23.3 Å². The predicted molar refractivity (Wildman–Crippen MR) is 162 cm³/mol. The van der Waals surface area contributed by atoms with Gasteiger partial charge in [0.2, 0.25) is 0 Å². The van der Waals surface area contributed by atoms with Crippen LogP contribution >= 0.6 is 43.6 Å². The second kappa shape index (κ2) is 7.89. The van der Waals surface area contributed by atoms with Gasteiger partial charge >= 0.3 is 0 Å². The van der Waals surface area contributed by atoms with Crippen LogP contribution in [0.3, 0.4) is 0 Å². The third-order valence-electron chi connectivity index (χ3n) is 8.25. The third-order valence-corrected chi connectivity index (χ3v) is 10.8. The number of likely N-dealkylation sites (N-methyl/N-ethyl adjacent to an activating group) is 2. The number of halogens is 2. The summed E-state index contributed by atoms with van der Waals surface area (Å²) in [5.41, 5.74) is 8.18. The first kappa shape index (κ1) is 22.3. The molecule has 0 bridgehead atoms. The molecule has 4 aromatic carbocycles. The zero-order chi connectivity index (χ0) is 25.0. The largest absolute Gasteiger partial charge is 0.363 e. The Morgan fingerprint density at radius 1 is 0.730 bits per heavy atom. The molecule has 0 aromatic heterocycles. The first-order chi connectivity index (χ1) is 18.0. The van der Waals surface area contributed by atoms with E-state index in [1.54, 1.807) is 0 Å². The molecule has 0 radical (unpaired) electrons. The van der Waals surface area contributed by atoms with Crippen LogP contribution in [0.15, 0.2) is 91.5 Å². The molecule has 2 nitrogen and oxygen atoms in total. The fraction of sp³-hybridized carbons (Fsp3) is 0.125. The van der Waals surface area contributed by atoms with Gasteiger partial charge in [0, 0.05) is 60.6 Å². The van der Waals surface area contributed by atoms with E-state index >= 15 is 0 Å². The Hall–Kier alpha value is -2.73. The van der Waals surface area contributed by atoms with Crippen molar-refractivity contribution in [1.82, 2.24) is 0 Å². The Morgan fingerprint density at radius 2 is 1.38 bits per heavy atom. The van der Waals surface area contributed by atoms with Gasteiger partial charge in [-0.05, 0) is 85.2 Å². The molecular weight excluding hydrogens is 604 g/mol. The molecule has 2 heterocycles. The molecule has 0 fully saturated rings. The molecule has 4 aromatic rings. The standard InChI is InChI=1S/C32H22Br2N2S/c1-35-25-10-6-4-8-21(25)31-26(35)14-17-13-18(33)15-28(29(17)31)37-32-22-16-27-30(19(22)11-12-23(32)34)20-7-3-5-9-24(20)36(27)2/h3-16,26-27H,1-2H3. The fourth-order valence-corrected chi connectivity index (χ4v) is 9.02. The highest BCUT2D eigenvalue weighted by atomic mass is 79.9. The molecule has 0 saturated carbocycles. The first-order valence-electron chi connectivity index (χ1n) is 12.4. The van der Waals surface area contributed by atoms with E-state index in [1.165, 1.54) is 64.3 Å². The van der Waals surface area contributed by atoms with Crippen LogP contribution in [-0.2, 0) is 0 Å². The maximum atomic E-state index is 3.93. The number of fused-ring (bicyclic) bond motifs is 8. The van der Waals surface area contributed by atoms with Gasteiger partial charge in [0.15, 0.2) is 0 Å². The van der Waals surface area contributed by atoms with Crippen molar-refractivity contribution in [2.45, 2.75) is 21.9 Å². The maximum absolute atomic E-state index is 3.93. The summed E-state index contributed by atoms with van der Waals surface area (Å²) in [6.45, 7) is 0. The average Bonchev–Trinajstić information content (AvgIpc) is 3.61. The average molecular weight is 626 g/mol. The number of rotatable bonds is 2. The van der Waals surface area contributed by atoms with Gasteiger partial charge in [-0.2, -0.15) is 0 Å². The van der Waals surface area contributed by atoms with Gasteiger partial charge in [-0.3, -0.25) is 0 Å². The van der Waals surface area contributed by atoms with Gasteiger partial charge in [-0.1, -0.05) is 70.2 Å². The van der Waals surface area contributed by atoms with E-state index in [2.05, 4.69) is 141 Å². The zero-order valence-electron chi connectivity index (χ0n) is 20.3. The smallest absolute Gasteiger partial charge is 0.0745 e. The molecule has 2 atom stereocenters. The van der Waals surface area contributed by atoms with Crippen molar-refractivity contribution < 1.29 is 0 Å². The second-order valence-corrected chi connectivity index (χ2v) is 12.9. The molecule has 0 amide bonds. The normalized spacial score (nSPS) is 19.7. The highest BCUT2D eigenvalue weighted by molar-refractivity contribution is 9.10.